The van der Waals surface area contributed by atoms with Crippen LogP contribution in [0.4, 0.5) is 0 Å². The maximum atomic E-state index is 9.42. The fraction of sp³-hybridized carbons (Fsp3) is 0.0667. The molecule has 0 aliphatic carbocycles. The van der Waals surface area contributed by atoms with Crippen LogP contribution >= 0.6 is 15.9 Å². The van der Waals surface area contributed by atoms with Gasteiger partial charge in [-0.2, -0.15) is 0 Å². The number of aromatic hydroxyl groups is 1. The Morgan fingerprint density at radius 2 is 2.00 bits per heavy atom. The number of benzene rings is 2. The van der Waals surface area contributed by atoms with Crippen molar-refractivity contribution in [3.05, 3.63) is 58.7 Å². The van der Waals surface area contributed by atoms with Crippen LogP contribution in [-0.2, 0) is 6.61 Å². The molecule has 2 aromatic carbocycles. The van der Waals surface area contributed by atoms with Crippen LogP contribution in [0.5, 0.6) is 11.5 Å². The first-order valence-electron chi connectivity index (χ1n) is 5.90. The van der Waals surface area contributed by atoms with Gasteiger partial charge in [-0.3, -0.25) is 0 Å². The second kappa shape index (κ2) is 4.97. The molecule has 3 aromatic rings. The maximum absolute atomic E-state index is 9.42. The average Bonchev–Trinajstić information content (AvgIpc) is 2.78. The minimum Gasteiger partial charge on any atom is -0.508 e. The molecule has 19 heavy (non-hydrogen) atoms. The molecule has 2 N–H and O–H groups in total. The zero-order chi connectivity index (χ0) is 13.2. The van der Waals surface area contributed by atoms with Crippen molar-refractivity contribution in [2.24, 2.45) is 0 Å². The topological polar surface area (TPSA) is 45.2 Å². The highest BCUT2D eigenvalue weighted by Gasteiger charge is 2.03. The van der Waals surface area contributed by atoms with Crippen molar-refractivity contribution in [3.8, 4) is 11.5 Å². The molecule has 3 rings (SSSR count). The van der Waals surface area contributed by atoms with E-state index >= 15 is 0 Å². The molecular formula is C15H12BrNO2. The van der Waals surface area contributed by atoms with Gasteiger partial charge in [-0.15, -0.1) is 0 Å². The van der Waals surface area contributed by atoms with Gasteiger partial charge in [-0.05, 0) is 36.4 Å². The number of H-pyrrole nitrogens is 1. The summed E-state index contributed by atoms with van der Waals surface area (Å²) in [7, 11) is 0. The molecule has 96 valence electrons. The van der Waals surface area contributed by atoms with Crippen LogP contribution in [0.1, 0.15) is 5.69 Å². The molecule has 0 bridgehead atoms. The summed E-state index contributed by atoms with van der Waals surface area (Å²) in [4.78, 5) is 3.22. The lowest BCUT2D eigenvalue weighted by Gasteiger charge is -2.04. The standard InChI is InChI=1S/C15H12BrNO2/c16-11-2-1-3-14(7-11)19-9-12-6-10-4-5-13(18)8-15(10)17-12/h1-8,17-18H,9H2. The van der Waals surface area contributed by atoms with Crippen molar-refractivity contribution in [1.29, 1.82) is 0 Å². The van der Waals surface area contributed by atoms with Gasteiger partial charge in [0.1, 0.15) is 18.1 Å². The smallest absolute Gasteiger partial charge is 0.128 e. The number of hydrogen-bond donors (Lipinski definition) is 2. The van der Waals surface area contributed by atoms with E-state index in [4.69, 9.17) is 4.74 Å². The second-order valence-electron chi connectivity index (χ2n) is 4.31. The first kappa shape index (κ1) is 12.1. The zero-order valence-corrected chi connectivity index (χ0v) is 11.6. The highest BCUT2D eigenvalue weighted by molar-refractivity contribution is 9.10. The number of hydrogen-bond acceptors (Lipinski definition) is 2. The number of ether oxygens (including phenoxy) is 1. The van der Waals surface area contributed by atoms with E-state index in [9.17, 15) is 5.11 Å². The Hall–Kier alpha value is -1.94. The third-order valence-electron chi connectivity index (χ3n) is 2.85. The zero-order valence-electron chi connectivity index (χ0n) is 10.1. The molecule has 1 aromatic heterocycles. The summed E-state index contributed by atoms with van der Waals surface area (Å²) >= 11 is 3.41. The summed E-state index contributed by atoms with van der Waals surface area (Å²) in [6, 6.07) is 15.0. The first-order valence-corrected chi connectivity index (χ1v) is 6.69. The number of nitrogens with one attached hydrogen (secondary N) is 1. The van der Waals surface area contributed by atoms with Crippen LogP contribution in [0.3, 0.4) is 0 Å². The number of phenolic OH excluding ortho intramolecular Hbond substituents is 1. The molecule has 0 spiro atoms. The van der Waals surface area contributed by atoms with E-state index in [1.165, 1.54) is 0 Å². The molecule has 0 saturated heterocycles. The van der Waals surface area contributed by atoms with E-state index < -0.39 is 0 Å². The van der Waals surface area contributed by atoms with Gasteiger partial charge < -0.3 is 14.8 Å². The van der Waals surface area contributed by atoms with Crippen LogP contribution < -0.4 is 4.74 Å². The molecule has 4 heteroatoms. The molecule has 0 atom stereocenters. The summed E-state index contributed by atoms with van der Waals surface area (Å²) in [5.74, 6) is 1.07. The van der Waals surface area contributed by atoms with Gasteiger partial charge in [0.25, 0.3) is 0 Å². The van der Waals surface area contributed by atoms with E-state index in [2.05, 4.69) is 20.9 Å². The fourth-order valence-electron chi connectivity index (χ4n) is 1.97. The summed E-state index contributed by atoms with van der Waals surface area (Å²) in [5, 5.41) is 10.5. The van der Waals surface area contributed by atoms with E-state index in [1.54, 1.807) is 12.1 Å². The number of aromatic amines is 1. The molecule has 3 nitrogen and oxygen atoms in total. The number of rotatable bonds is 3. The van der Waals surface area contributed by atoms with E-state index in [1.807, 2.05) is 36.4 Å². The maximum Gasteiger partial charge on any atom is 0.128 e. The Kier molecular flexibility index (Phi) is 3.17. The molecule has 0 unspecified atom stereocenters. The van der Waals surface area contributed by atoms with Crippen LogP contribution in [-0.4, -0.2) is 10.1 Å². The Labute approximate surface area is 119 Å². The summed E-state index contributed by atoms with van der Waals surface area (Å²) in [5.41, 5.74) is 1.88. The quantitative estimate of drug-likeness (QED) is 0.759. The van der Waals surface area contributed by atoms with Gasteiger partial charge in [-0.25, -0.2) is 0 Å². The predicted molar refractivity (Wildman–Crippen MR) is 78.4 cm³/mol. The third kappa shape index (κ3) is 2.74. The number of aromatic nitrogens is 1. The van der Waals surface area contributed by atoms with Crippen molar-refractivity contribution < 1.29 is 9.84 Å². The molecule has 1 heterocycles. The Morgan fingerprint density at radius 1 is 1.11 bits per heavy atom. The molecule has 0 amide bonds. The Bertz CT molecular complexity index is 721. The van der Waals surface area contributed by atoms with Gasteiger partial charge in [0.15, 0.2) is 0 Å². The summed E-state index contributed by atoms with van der Waals surface area (Å²) in [6.45, 7) is 0.464. The lowest BCUT2D eigenvalue weighted by atomic mass is 10.2. The van der Waals surface area contributed by atoms with Crippen molar-refractivity contribution in [2.75, 3.05) is 0 Å². The normalized spacial score (nSPS) is 10.8. The first-order chi connectivity index (χ1) is 9.20. The van der Waals surface area contributed by atoms with Gasteiger partial charge >= 0.3 is 0 Å². The number of halogens is 1. The lowest BCUT2D eigenvalue weighted by Crippen LogP contribution is -1.95. The van der Waals surface area contributed by atoms with Crippen molar-refractivity contribution in [3.63, 3.8) is 0 Å². The SMILES string of the molecule is Oc1ccc2cc(COc3cccc(Br)c3)[nH]c2c1. The Morgan fingerprint density at radius 3 is 2.84 bits per heavy atom. The summed E-state index contributed by atoms with van der Waals surface area (Å²) < 4.78 is 6.70. The highest BCUT2D eigenvalue weighted by atomic mass is 79.9. The number of fused-ring (bicyclic) bond motifs is 1. The van der Waals surface area contributed by atoms with Gasteiger partial charge in [-0.1, -0.05) is 22.0 Å². The van der Waals surface area contributed by atoms with E-state index in [0.717, 1.165) is 26.8 Å². The van der Waals surface area contributed by atoms with E-state index in [-0.39, 0.29) is 5.75 Å². The highest BCUT2D eigenvalue weighted by Crippen LogP contribution is 2.22. The van der Waals surface area contributed by atoms with Crippen LogP contribution in [0.25, 0.3) is 10.9 Å². The summed E-state index contributed by atoms with van der Waals surface area (Å²) in [6.07, 6.45) is 0. The third-order valence-corrected chi connectivity index (χ3v) is 3.35. The Balaban J connectivity index is 1.78. The lowest BCUT2D eigenvalue weighted by molar-refractivity contribution is 0.302. The van der Waals surface area contributed by atoms with Crippen molar-refractivity contribution >= 4 is 26.8 Å². The molecule has 0 fully saturated rings. The fourth-order valence-corrected chi connectivity index (χ4v) is 2.35. The molecular weight excluding hydrogens is 306 g/mol. The van der Waals surface area contributed by atoms with Gasteiger partial charge in [0.2, 0.25) is 0 Å². The number of phenols is 1. The molecule has 0 radical (unpaired) electrons. The van der Waals surface area contributed by atoms with E-state index in [0.29, 0.717) is 6.61 Å². The van der Waals surface area contributed by atoms with Gasteiger partial charge in [0, 0.05) is 21.4 Å². The average molecular weight is 318 g/mol. The van der Waals surface area contributed by atoms with Gasteiger partial charge in [0.05, 0.1) is 5.69 Å². The molecule has 0 saturated carbocycles. The predicted octanol–water partition coefficient (Wildman–Crippen LogP) is 4.22. The minimum absolute atomic E-state index is 0.258. The minimum atomic E-state index is 0.258. The largest absolute Gasteiger partial charge is 0.508 e. The van der Waals surface area contributed by atoms with Crippen LogP contribution in [0.2, 0.25) is 0 Å². The van der Waals surface area contributed by atoms with Crippen LogP contribution in [0, 0.1) is 0 Å². The molecule has 0 aliphatic rings. The van der Waals surface area contributed by atoms with Crippen molar-refractivity contribution in [2.45, 2.75) is 6.61 Å². The second-order valence-corrected chi connectivity index (χ2v) is 5.23. The van der Waals surface area contributed by atoms with Crippen LogP contribution in [0.15, 0.2) is 53.0 Å². The van der Waals surface area contributed by atoms with Crippen molar-refractivity contribution in [1.82, 2.24) is 4.98 Å². The molecule has 0 aliphatic heterocycles. The monoisotopic (exact) mass is 317 g/mol.